The molecule has 0 bridgehead atoms. The molecule has 0 fully saturated rings. The van der Waals surface area contributed by atoms with Crippen LogP contribution in [0.2, 0.25) is 0 Å². The zero-order chi connectivity index (χ0) is 14.4. The van der Waals surface area contributed by atoms with Gasteiger partial charge in [0, 0.05) is 11.8 Å². The summed E-state index contributed by atoms with van der Waals surface area (Å²) in [5, 5.41) is 11.2. The molecular formula is C15H19N3O2. The molecule has 1 N–H and O–H groups in total. The summed E-state index contributed by atoms with van der Waals surface area (Å²) in [4.78, 5) is 0. The molecule has 1 aromatic heterocycles. The van der Waals surface area contributed by atoms with E-state index < -0.39 is 0 Å². The Bertz CT molecular complexity index is 546. The van der Waals surface area contributed by atoms with Crippen molar-refractivity contribution in [3.63, 3.8) is 0 Å². The van der Waals surface area contributed by atoms with Gasteiger partial charge in [-0.2, -0.15) is 10.2 Å². The van der Waals surface area contributed by atoms with Crippen molar-refractivity contribution < 1.29 is 9.47 Å². The SMILES string of the molecule is CCNC(c1ccnnc1)c1cc(OC)ccc1OC. The van der Waals surface area contributed by atoms with Crippen molar-refractivity contribution in [2.24, 2.45) is 0 Å². The smallest absolute Gasteiger partial charge is 0.124 e. The van der Waals surface area contributed by atoms with E-state index in [0.717, 1.165) is 29.2 Å². The van der Waals surface area contributed by atoms with E-state index in [4.69, 9.17) is 9.47 Å². The van der Waals surface area contributed by atoms with Crippen LogP contribution in [0.4, 0.5) is 0 Å². The van der Waals surface area contributed by atoms with Gasteiger partial charge in [-0.1, -0.05) is 6.92 Å². The summed E-state index contributed by atoms with van der Waals surface area (Å²) in [6.45, 7) is 2.89. The van der Waals surface area contributed by atoms with Crippen molar-refractivity contribution in [2.45, 2.75) is 13.0 Å². The first kappa shape index (κ1) is 14.3. The van der Waals surface area contributed by atoms with Crippen molar-refractivity contribution in [2.75, 3.05) is 20.8 Å². The third-order valence-electron chi connectivity index (χ3n) is 3.10. The lowest BCUT2D eigenvalue weighted by atomic mass is 9.99. The van der Waals surface area contributed by atoms with Crippen LogP contribution in [0.1, 0.15) is 24.1 Å². The van der Waals surface area contributed by atoms with Crippen LogP contribution in [0.25, 0.3) is 0 Å². The van der Waals surface area contributed by atoms with Crippen molar-refractivity contribution >= 4 is 0 Å². The lowest BCUT2D eigenvalue weighted by Crippen LogP contribution is -2.22. The second kappa shape index (κ2) is 6.86. The molecule has 0 saturated heterocycles. The minimum Gasteiger partial charge on any atom is -0.497 e. The lowest BCUT2D eigenvalue weighted by Gasteiger charge is -2.21. The summed E-state index contributed by atoms with van der Waals surface area (Å²) < 4.78 is 10.8. The maximum absolute atomic E-state index is 5.46. The lowest BCUT2D eigenvalue weighted by molar-refractivity contribution is 0.394. The van der Waals surface area contributed by atoms with Gasteiger partial charge < -0.3 is 14.8 Å². The van der Waals surface area contributed by atoms with Crippen LogP contribution in [0.3, 0.4) is 0 Å². The van der Waals surface area contributed by atoms with E-state index in [-0.39, 0.29) is 6.04 Å². The number of nitrogens with one attached hydrogen (secondary N) is 1. The number of ether oxygens (including phenoxy) is 2. The zero-order valence-corrected chi connectivity index (χ0v) is 12.0. The molecule has 0 aliphatic rings. The average Bonchev–Trinajstić information content (AvgIpc) is 2.53. The molecule has 1 aromatic carbocycles. The summed E-state index contributed by atoms with van der Waals surface area (Å²) in [5.74, 6) is 1.61. The number of rotatable bonds is 6. The maximum atomic E-state index is 5.46. The normalized spacial score (nSPS) is 11.9. The standard InChI is InChI=1S/C15H19N3O2/c1-4-16-15(11-7-8-17-18-10-11)13-9-12(19-2)5-6-14(13)20-3/h5-10,15-16H,4H2,1-3H3. The van der Waals surface area contributed by atoms with Gasteiger partial charge >= 0.3 is 0 Å². The highest BCUT2D eigenvalue weighted by molar-refractivity contribution is 5.45. The van der Waals surface area contributed by atoms with Crippen LogP contribution in [0, 0.1) is 0 Å². The van der Waals surface area contributed by atoms with E-state index >= 15 is 0 Å². The minimum absolute atomic E-state index is 0.0134. The molecule has 2 aromatic rings. The van der Waals surface area contributed by atoms with Gasteiger partial charge in [0.15, 0.2) is 0 Å². The molecule has 2 rings (SSSR count). The molecule has 0 aliphatic heterocycles. The Hall–Kier alpha value is -2.14. The monoisotopic (exact) mass is 273 g/mol. The molecule has 0 radical (unpaired) electrons. The van der Waals surface area contributed by atoms with Gasteiger partial charge in [0.2, 0.25) is 0 Å². The highest BCUT2D eigenvalue weighted by atomic mass is 16.5. The molecule has 0 aliphatic carbocycles. The van der Waals surface area contributed by atoms with Crippen LogP contribution in [-0.2, 0) is 0 Å². The fourth-order valence-corrected chi connectivity index (χ4v) is 2.15. The Labute approximate surface area is 118 Å². The number of hydrogen-bond acceptors (Lipinski definition) is 5. The fourth-order valence-electron chi connectivity index (χ4n) is 2.15. The minimum atomic E-state index is -0.0134. The maximum Gasteiger partial charge on any atom is 0.124 e. The van der Waals surface area contributed by atoms with Gasteiger partial charge in [0.05, 0.1) is 26.5 Å². The molecule has 1 atom stereocenters. The van der Waals surface area contributed by atoms with Crippen molar-refractivity contribution in [3.8, 4) is 11.5 Å². The molecule has 0 saturated carbocycles. The van der Waals surface area contributed by atoms with E-state index in [9.17, 15) is 0 Å². The van der Waals surface area contributed by atoms with Gasteiger partial charge in [-0.15, -0.1) is 0 Å². The Kier molecular flexibility index (Phi) is 4.90. The first-order valence-electron chi connectivity index (χ1n) is 6.52. The Balaban J connectivity index is 2.48. The molecule has 0 spiro atoms. The number of nitrogens with zero attached hydrogens (tertiary/aromatic N) is 2. The van der Waals surface area contributed by atoms with Gasteiger partial charge in [0.25, 0.3) is 0 Å². The predicted molar refractivity (Wildman–Crippen MR) is 77.1 cm³/mol. The number of methoxy groups -OCH3 is 2. The van der Waals surface area contributed by atoms with Crippen LogP contribution >= 0.6 is 0 Å². The van der Waals surface area contributed by atoms with Crippen LogP contribution in [-0.4, -0.2) is 31.0 Å². The molecule has 20 heavy (non-hydrogen) atoms. The van der Waals surface area contributed by atoms with E-state index in [0.29, 0.717) is 0 Å². The number of hydrogen-bond donors (Lipinski definition) is 1. The summed E-state index contributed by atoms with van der Waals surface area (Å²) in [7, 11) is 3.32. The van der Waals surface area contributed by atoms with Crippen LogP contribution in [0.5, 0.6) is 11.5 Å². The highest BCUT2D eigenvalue weighted by Crippen LogP contribution is 2.32. The highest BCUT2D eigenvalue weighted by Gasteiger charge is 2.18. The molecule has 5 heteroatoms. The average molecular weight is 273 g/mol. The Morgan fingerprint density at radius 2 is 2.00 bits per heavy atom. The predicted octanol–water partition coefficient (Wildman–Crippen LogP) is 2.19. The van der Waals surface area contributed by atoms with E-state index in [2.05, 4.69) is 22.4 Å². The zero-order valence-electron chi connectivity index (χ0n) is 12.0. The van der Waals surface area contributed by atoms with Gasteiger partial charge in [0.1, 0.15) is 11.5 Å². The van der Waals surface area contributed by atoms with Crippen molar-refractivity contribution in [1.29, 1.82) is 0 Å². The Morgan fingerprint density at radius 1 is 1.15 bits per heavy atom. The van der Waals surface area contributed by atoms with Crippen molar-refractivity contribution in [1.82, 2.24) is 15.5 Å². The summed E-state index contributed by atoms with van der Waals surface area (Å²) in [6.07, 6.45) is 3.44. The topological polar surface area (TPSA) is 56.3 Å². The molecule has 1 unspecified atom stereocenters. The van der Waals surface area contributed by atoms with E-state index in [1.54, 1.807) is 26.6 Å². The quantitative estimate of drug-likeness (QED) is 0.874. The van der Waals surface area contributed by atoms with Crippen LogP contribution < -0.4 is 14.8 Å². The third kappa shape index (κ3) is 3.05. The second-order valence-electron chi connectivity index (χ2n) is 4.27. The van der Waals surface area contributed by atoms with E-state index in [1.807, 2.05) is 24.3 Å². The Morgan fingerprint density at radius 3 is 2.60 bits per heavy atom. The molecule has 0 amide bonds. The van der Waals surface area contributed by atoms with Gasteiger partial charge in [-0.25, -0.2) is 0 Å². The van der Waals surface area contributed by atoms with Gasteiger partial charge in [-0.05, 0) is 36.4 Å². The van der Waals surface area contributed by atoms with Crippen molar-refractivity contribution in [3.05, 3.63) is 47.8 Å². The van der Waals surface area contributed by atoms with Crippen LogP contribution in [0.15, 0.2) is 36.7 Å². The third-order valence-corrected chi connectivity index (χ3v) is 3.10. The summed E-state index contributed by atoms with van der Waals surface area (Å²) in [6, 6.07) is 7.70. The number of benzene rings is 1. The number of aromatic nitrogens is 2. The fraction of sp³-hybridized carbons (Fsp3) is 0.333. The molecule has 5 nitrogen and oxygen atoms in total. The largest absolute Gasteiger partial charge is 0.497 e. The summed E-state index contributed by atoms with van der Waals surface area (Å²) >= 11 is 0. The first-order valence-corrected chi connectivity index (χ1v) is 6.52. The summed E-state index contributed by atoms with van der Waals surface area (Å²) in [5.41, 5.74) is 2.05. The van der Waals surface area contributed by atoms with E-state index in [1.165, 1.54) is 0 Å². The molecule has 106 valence electrons. The van der Waals surface area contributed by atoms with Gasteiger partial charge in [-0.3, -0.25) is 0 Å². The molecular weight excluding hydrogens is 254 g/mol. The first-order chi connectivity index (χ1) is 9.80. The second-order valence-corrected chi connectivity index (χ2v) is 4.27. The molecule has 1 heterocycles.